The minimum atomic E-state index is -0.254. The van der Waals surface area contributed by atoms with E-state index in [9.17, 15) is 8.78 Å². The van der Waals surface area contributed by atoms with Gasteiger partial charge in [-0.2, -0.15) is 0 Å². The number of aryl methyl sites for hydroxylation is 1. The first-order valence-corrected chi connectivity index (χ1v) is 6.14. The van der Waals surface area contributed by atoms with Gasteiger partial charge in [-0.15, -0.1) is 0 Å². The van der Waals surface area contributed by atoms with Gasteiger partial charge in [-0.25, -0.2) is 8.78 Å². The molecule has 82 valence electrons. The monoisotopic (exact) mass is 274 g/mol. The smallest absolute Gasteiger partial charge is 0.130 e. The molecule has 1 atom stereocenters. The highest BCUT2D eigenvalue weighted by Crippen LogP contribution is 2.38. The zero-order valence-corrected chi connectivity index (χ0v) is 10.2. The third-order valence-electron chi connectivity index (χ3n) is 2.99. The van der Waals surface area contributed by atoms with Crippen molar-refractivity contribution in [2.45, 2.75) is 37.4 Å². The Morgan fingerprint density at radius 2 is 2.07 bits per heavy atom. The molecule has 0 N–H and O–H groups in total. The van der Waals surface area contributed by atoms with E-state index in [-0.39, 0.29) is 16.5 Å². The van der Waals surface area contributed by atoms with Crippen LogP contribution in [0, 0.1) is 18.6 Å². The van der Waals surface area contributed by atoms with E-state index in [1.54, 1.807) is 6.92 Å². The summed E-state index contributed by atoms with van der Waals surface area (Å²) in [6.07, 6.45) is 3.49. The topological polar surface area (TPSA) is 0 Å². The number of hydrogen-bond donors (Lipinski definition) is 0. The summed E-state index contributed by atoms with van der Waals surface area (Å²) < 4.78 is 27.6. The van der Waals surface area contributed by atoms with E-state index < -0.39 is 0 Å². The number of fused-ring (bicyclic) bond motifs is 1. The maximum absolute atomic E-state index is 13.9. The van der Waals surface area contributed by atoms with Gasteiger partial charge in [0.05, 0.1) is 0 Å². The zero-order valence-electron chi connectivity index (χ0n) is 8.62. The van der Waals surface area contributed by atoms with Crippen molar-refractivity contribution >= 4 is 15.9 Å². The molecule has 0 saturated carbocycles. The lowest BCUT2D eigenvalue weighted by Gasteiger charge is -2.14. The number of benzene rings is 1. The molecule has 0 heterocycles. The van der Waals surface area contributed by atoms with Crippen LogP contribution >= 0.6 is 15.9 Å². The van der Waals surface area contributed by atoms with Crippen LogP contribution in [0.4, 0.5) is 8.78 Å². The molecule has 1 aliphatic rings. The quantitative estimate of drug-likeness (QED) is 0.485. The fraction of sp³-hybridized carbons (Fsp3) is 0.500. The van der Waals surface area contributed by atoms with Crippen LogP contribution in [-0.4, -0.2) is 0 Å². The van der Waals surface area contributed by atoms with E-state index in [0.717, 1.165) is 19.3 Å². The maximum Gasteiger partial charge on any atom is 0.130 e. The molecule has 0 amide bonds. The van der Waals surface area contributed by atoms with Crippen molar-refractivity contribution in [3.63, 3.8) is 0 Å². The lowest BCUT2D eigenvalue weighted by atomic mass is 9.99. The second kappa shape index (κ2) is 4.20. The Bertz CT molecular complexity index is 388. The number of hydrogen-bond acceptors (Lipinski definition) is 0. The average Bonchev–Trinajstić information content (AvgIpc) is 2.37. The van der Waals surface area contributed by atoms with E-state index >= 15 is 0 Å². The standard InChI is InChI=1S/C12H13BrF2/c1-7-6-10(14)8-4-2-3-5-9(13)11(8)12(7)15/h6,9H,2-5H2,1H3. The molecule has 1 aromatic rings. The van der Waals surface area contributed by atoms with Gasteiger partial charge in [0.2, 0.25) is 0 Å². The number of halogens is 3. The molecule has 1 aromatic carbocycles. The van der Waals surface area contributed by atoms with Gasteiger partial charge in [0.25, 0.3) is 0 Å². The summed E-state index contributed by atoms with van der Waals surface area (Å²) in [5, 5.41) is 0. The largest absolute Gasteiger partial charge is 0.207 e. The molecule has 0 radical (unpaired) electrons. The molecule has 0 fully saturated rings. The van der Waals surface area contributed by atoms with Gasteiger partial charge in [0, 0.05) is 10.4 Å². The van der Waals surface area contributed by atoms with Crippen molar-refractivity contribution < 1.29 is 8.78 Å². The SMILES string of the molecule is Cc1cc(F)c2c(c1F)C(Br)CCCC2. The highest BCUT2D eigenvalue weighted by Gasteiger charge is 2.24. The lowest BCUT2D eigenvalue weighted by Crippen LogP contribution is -2.03. The highest BCUT2D eigenvalue weighted by atomic mass is 79.9. The fourth-order valence-electron chi connectivity index (χ4n) is 2.16. The number of rotatable bonds is 0. The third kappa shape index (κ3) is 1.94. The molecule has 0 saturated heterocycles. The molecule has 2 rings (SSSR count). The van der Waals surface area contributed by atoms with Gasteiger partial charge in [0.1, 0.15) is 11.6 Å². The molecule has 0 bridgehead atoms. The van der Waals surface area contributed by atoms with Crippen LogP contribution in [0.5, 0.6) is 0 Å². The van der Waals surface area contributed by atoms with Crippen molar-refractivity contribution in [1.29, 1.82) is 0 Å². The van der Waals surface area contributed by atoms with E-state index in [0.29, 0.717) is 23.1 Å². The van der Waals surface area contributed by atoms with Crippen molar-refractivity contribution in [2.75, 3.05) is 0 Å². The van der Waals surface area contributed by atoms with Crippen LogP contribution in [-0.2, 0) is 6.42 Å². The van der Waals surface area contributed by atoms with Crippen LogP contribution < -0.4 is 0 Å². The summed E-state index contributed by atoms with van der Waals surface area (Å²) in [4.78, 5) is -0.0376. The lowest BCUT2D eigenvalue weighted by molar-refractivity contribution is 0.566. The Kier molecular flexibility index (Phi) is 3.10. The summed E-state index contributed by atoms with van der Waals surface area (Å²) in [7, 11) is 0. The number of alkyl halides is 1. The van der Waals surface area contributed by atoms with Gasteiger partial charge in [-0.1, -0.05) is 22.4 Å². The summed E-state index contributed by atoms with van der Waals surface area (Å²) in [6.45, 7) is 1.61. The molecular formula is C12H13BrF2. The predicted molar refractivity (Wildman–Crippen MR) is 60.3 cm³/mol. The third-order valence-corrected chi connectivity index (χ3v) is 3.90. The van der Waals surface area contributed by atoms with E-state index in [2.05, 4.69) is 15.9 Å². The summed E-state index contributed by atoms with van der Waals surface area (Å²) in [5.74, 6) is -0.495. The van der Waals surface area contributed by atoms with Crippen LogP contribution in [0.25, 0.3) is 0 Å². The van der Waals surface area contributed by atoms with Crippen molar-refractivity contribution in [2.24, 2.45) is 0 Å². The van der Waals surface area contributed by atoms with E-state index in [4.69, 9.17) is 0 Å². The van der Waals surface area contributed by atoms with Crippen LogP contribution in [0.2, 0.25) is 0 Å². The molecule has 0 aliphatic heterocycles. The van der Waals surface area contributed by atoms with Crippen molar-refractivity contribution in [1.82, 2.24) is 0 Å². The maximum atomic E-state index is 13.9. The molecule has 15 heavy (non-hydrogen) atoms. The van der Waals surface area contributed by atoms with Gasteiger partial charge < -0.3 is 0 Å². The Morgan fingerprint density at radius 1 is 1.33 bits per heavy atom. The second-order valence-electron chi connectivity index (χ2n) is 4.09. The summed E-state index contributed by atoms with van der Waals surface area (Å²) in [6, 6.07) is 1.30. The molecule has 0 nitrogen and oxygen atoms in total. The Morgan fingerprint density at radius 3 is 2.80 bits per heavy atom. The van der Waals surface area contributed by atoms with E-state index in [1.807, 2.05) is 0 Å². The Balaban J connectivity index is 2.63. The Hall–Kier alpha value is -0.440. The van der Waals surface area contributed by atoms with Gasteiger partial charge >= 0.3 is 0 Å². The molecular weight excluding hydrogens is 262 g/mol. The first-order chi connectivity index (χ1) is 7.11. The van der Waals surface area contributed by atoms with Gasteiger partial charge in [0.15, 0.2) is 0 Å². The second-order valence-corrected chi connectivity index (χ2v) is 5.20. The van der Waals surface area contributed by atoms with Crippen LogP contribution in [0.15, 0.2) is 6.07 Å². The van der Waals surface area contributed by atoms with E-state index in [1.165, 1.54) is 6.07 Å². The Labute approximate surface area is 96.8 Å². The highest BCUT2D eigenvalue weighted by molar-refractivity contribution is 9.09. The van der Waals surface area contributed by atoms with Crippen molar-refractivity contribution in [3.8, 4) is 0 Å². The summed E-state index contributed by atoms with van der Waals surface area (Å²) >= 11 is 3.45. The predicted octanol–water partition coefficient (Wildman–Crippen LogP) is 4.44. The first-order valence-electron chi connectivity index (χ1n) is 5.22. The normalized spacial score (nSPS) is 20.9. The van der Waals surface area contributed by atoms with Crippen molar-refractivity contribution in [3.05, 3.63) is 34.4 Å². The van der Waals surface area contributed by atoms with Crippen LogP contribution in [0.3, 0.4) is 0 Å². The zero-order chi connectivity index (χ0) is 11.0. The summed E-state index contributed by atoms with van der Waals surface area (Å²) in [5.41, 5.74) is 1.51. The molecule has 0 aromatic heterocycles. The molecule has 1 aliphatic carbocycles. The van der Waals surface area contributed by atoms with Crippen LogP contribution in [0.1, 0.15) is 40.8 Å². The average molecular weight is 275 g/mol. The molecule has 3 heteroatoms. The molecule has 0 spiro atoms. The molecule has 1 unspecified atom stereocenters. The van der Waals surface area contributed by atoms with Gasteiger partial charge in [-0.3, -0.25) is 0 Å². The van der Waals surface area contributed by atoms with Gasteiger partial charge in [-0.05, 0) is 43.4 Å². The minimum absolute atomic E-state index is 0.0376. The fourth-order valence-corrected chi connectivity index (χ4v) is 2.97. The minimum Gasteiger partial charge on any atom is -0.207 e. The first kappa shape index (κ1) is 11.1.